The summed E-state index contributed by atoms with van der Waals surface area (Å²) in [7, 11) is -3.21. The van der Waals surface area contributed by atoms with Gasteiger partial charge in [0.05, 0.1) is 11.1 Å². The van der Waals surface area contributed by atoms with Crippen LogP contribution in [0.3, 0.4) is 0 Å². The van der Waals surface area contributed by atoms with E-state index < -0.39 is 10.0 Å². The molecule has 0 saturated heterocycles. The number of aromatic nitrogens is 1. The monoisotopic (exact) mass is 469 g/mol. The molecule has 0 fully saturated rings. The van der Waals surface area contributed by atoms with Gasteiger partial charge in [0.2, 0.25) is 10.0 Å². The van der Waals surface area contributed by atoms with Crippen LogP contribution in [-0.4, -0.2) is 32.1 Å². The van der Waals surface area contributed by atoms with Crippen LogP contribution in [0.4, 0.5) is 5.13 Å². The Labute approximate surface area is 183 Å². The van der Waals surface area contributed by atoms with Crippen molar-refractivity contribution in [2.24, 2.45) is 0 Å². The minimum Gasteiger partial charge on any atom is -0.297 e. The van der Waals surface area contributed by atoms with Crippen molar-refractivity contribution in [2.45, 2.75) is 19.8 Å². The number of rotatable bonds is 8. The number of hydrogen-bond acceptors (Lipinski definition) is 6. The number of thiophene rings is 1. The molecular formula is C19H20ClN3O3S3. The van der Waals surface area contributed by atoms with E-state index >= 15 is 0 Å². The number of amides is 1. The smallest absolute Gasteiger partial charge is 0.267 e. The number of carbonyl (C=O) groups excluding carboxylic acids is 1. The second kappa shape index (κ2) is 9.36. The second-order valence-electron chi connectivity index (χ2n) is 6.53. The van der Waals surface area contributed by atoms with Crippen LogP contribution in [0.2, 0.25) is 5.02 Å². The van der Waals surface area contributed by atoms with E-state index in [0.717, 1.165) is 32.2 Å². The van der Waals surface area contributed by atoms with E-state index in [2.05, 4.69) is 15.0 Å². The van der Waals surface area contributed by atoms with Crippen LogP contribution in [-0.2, 0) is 22.9 Å². The van der Waals surface area contributed by atoms with E-state index in [-0.39, 0.29) is 5.91 Å². The van der Waals surface area contributed by atoms with Crippen molar-refractivity contribution in [3.05, 3.63) is 67.3 Å². The summed E-state index contributed by atoms with van der Waals surface area (Å²) in [5.41, 5.74) is 2.13. The molecule has 0 aliphatic carbocycles. The molecule has 0 unspecified atom stereocenters. The zero-order chi connectivity index (χ0) is 21.0. The maximum atomic E-state index is 12.4. The Morgan fingerprint density at radius 3 is 2.69 bits per heavy atom. The van der Waals surface area contributed by atoms with Crippen LogP contribution in [0.5, 0.6) is 0 Å². The van der Waals surface area contributed by atoms with Crippen molar-refractivity contribution >= 4 is 55.3 Å². The molecule has 0 bridgehead atoms. The van der Waals surface area contributed by atoms with Crippen LogP contribution in [0.1, 0.15) is 30.6 Å². The fourth-order valence-corrected chi connectivity index (χ4v) is 4.97. The lowest BCUT2D eigenvalue weighted by molar-refractivity contribution is 0.103. The average molecular weight is 470 g/mol. The Hall–Kier alpha value is -1.78. The standard InChI is InChI=1S/C19H20ClN3O3S3/c1-12-3-4-13(10-16(12)20)9-15-11-21-19(28-15)23-18(24)17-6-5-14(27-17)7-8-22-29(2,25)26/h3-6,10-11,22H,7-9H2,1-2H3,(H,21,23,24). The maximum absolute atomic E-state index is 12.4. The van der Waals surface area contributed by atoms with E-state index in [9.17, 15) is 13.2 Å². The third-order valence-electron chi connectivity index (χ3n) is 4.01. The predicted octanol–water partition coefficient (Wildman–Crippen LogP) is 4.10. The number of anilines is 1. The van der Waals surface area contributed by atoms with Crippen molar-refractivity contribution in [3.63, 3.8) is 0 Å². The summed E-state index contributed by atoms with van der Waals surface area (Å²) >= 11 is 8.94. The summed E-state index contributed by atoms with van der Waals surface area (Å²) in [5, 5.41) is 4.10. The number of nitrogens with zero attached hydrogens (tertiary/aromatic N) is 1. The van der Waals surface area contributed by atoms with E-state index in [1.54, 1.807) is 12.3 Å². The first-order valence-electron chi connectivity index (χ1n) is 8.74. The van der Waals surface area contributed by atoms with Crippen molar-refractivity contribution in [1.29, 1.82) is 0 Å². The van der Waals surface area contributed by atoms with E-state index in [0.29, 0.717) is 29.4 Å². The molecule has 0 spiro atoms. The highest BCUT2D eigenvalue weighted by Crippen LogP contribution is 2.25. The maximum Gasteiger partial charge on any atom is 0.267 e. The van der Waals surface area contributed by atoms with Crippen LogP contribution in [0.15, 0.2) is 36.5 Å². The van der Waals surface area contributed by atoms with Crippen LogP contribution < -0.4 is 10.0 Å². The molecule has 0 saturated carbocycles. The lowest BCUT2D eigenvalue weighted by atomic mass is 10.1. The first-order chi connectivity index (χ1) is 13.7. The third-order valence-corrected chi connectivity index (χ3v) is 7.20. The lowest BCUT2D eigenvalue weighted by Crippen LogP contribution is -2.24. The molecule has 1 aromatic carbocycles. The van der Waals surface area contributed by atoms with Crippen LogP contribution in [0, 0.1) is 6.92 Å². The van der Waals surface area contributed by atoms with E-state index in [4.69, 9.17) is 11.6 Å². The van der Waals surface area contributed by atoms with Gasteiger partial charge in [-0.05, 0) is 42.7 Å². The highest BCUT2D eigenvalue weighted by atomic mass is 35.5. The van der Waals surface area contributed by atoms with E-state index in [1.807, 2.05) is 31.2 Å². The van der Waals surface area contributed by atoms with Gasteiger partial charge in [-0.2, -0.15) is 0 Å². The number of nitrogens with one attached hydrogen (secondary N) is 2. The number of thiazole rings is 1. The predicted molar refractivity (Wildman–Crippen MR) is 120 cm³/mol. The van der Waals surface area contributed by atoms with Crippen molar-refractivity contribution in [3.8, 4) is 0 Å². The van der Waals surface area contributed by atoms with Gasteiger partial charge < -0.3 is 0 Å². The minimum absolute atomic E-state index is 0.225. The molecule has 29 heavy (non-hydrogen) atoms. The van der Waals surface area contributed by atoms with Crippen molar-refractivity contribution in [2.75, 3.05) is 18.1 Å². The van der Waals surface area contributed by atoms with Gasteiger partial charge in [0, 0.05) is 33.9 Å². The SMILES string of the molecule is Cc1ccc(Cc2cnc(NC(=O)c3ccc(CCNS(C)(=O)=O)s3)s2)cc1Cl. The number of halogens is 1. The lowest BCUT2D eigenvalue weighted by Gasteiger charge is -2.02. The molecule has 2 aromatic heterocycles. The molecule has 0 atom stereocenters. The molecule has 0 radical (unpaired) electrons. The molecule has 0 aliphatic heterocycles. The topological polar surface area (TPSA) is 88.2 Å². The fourth-order valence-electron chi connectivity index (χ4n) is 2.55. The normalized spacial score (nSPS) is 11.6. The Bertz CT molecular complexity index is 1120. The molecule has 3 rings (SSSR count). The summed E-state index contributed by atoms with van der Waals surface area (Å²) in [6.45, 7) is 2.27. The van der Waals surface area contributed by atoms with Crippen LogP contribution in [0.25, 0.3) is 0 Å². The van der Waals surface area contributed by atoms with Crippen molar-refractivity contribution in [1.82, 2.24) is 9.71 Å². The number of hydrogen-bond donors (Lipinski definition) is 2. The Morgan fingerprint density at radius 2 is 1.97 bits per heavy atom. The second-order valence-corrected chi connectivity index (χ2v) is 11.1. The quantitative estimate of drug-likeness (QED) is 0.519. The summed E-state index contributed by atoms with van der Waals surface area (Å²) in [6.07, 6.45) is 4.11. The fraction of sp³-hybridized carbons (Fsp3) is 0.263. The Kier molecular flexibility index (Phi) is 7.07. The average Bonchev–Trinajstić information content (AvgIpc) is 3.27. The Morgan fingerprint density at radius 1 is 1.17 bits per heavy atom. The molecule has 1 amide bonds. The molecule has 2 N–H and O–H groups in total. The summed E-state index contributed by atoms with van der Waals surface area (Å²) in [6, 6.07) is 9.53. The van der Waals surface area contributed by atoms with Gasteiger partial charge in [0.25, 0.3) is 5.91 Å². The molecule has 2 heterocycles. The van der Waals surface area contributed by atoms with E-state index in [1.165, 1.54) is 22.7 Å². The van der Waals surface area contributed by atoms with Gasteiger partial charge >= 0.3 is 0 Å². The largest absolute Gasteiger partial charge is 0.297 e. The summed E-state index contributed by atoms with van der Waals surface area (Å²) < 4.78 is 24.6. The van der Waals surface area contributed by atoms with Gasteiger partial charge in [-0.25, -0.2) is 18.1 Å². The van der Waals surface area contributed by atoms with Gasteiger partial charge in [-0.1, -0.05) is 23.7 Å². The molecule has 10 heteroatoms. The Balaban J connectivity index is 1.56. The highest BCUT2D eigenvalue weighted by Gasteiger charge is 2.13. The molecule has 3 aromatic rings. The summed E-state index contributed by atoms with van der Waals surface area (Å²) in [4.78, 5) is 19.2. The zero-order valence-electron chi connectivity index (χ0n) is 15.9. The third kappa shape index (κ3) is 6.61. The van der Waals surface area contributed by atoms with Gasteiger partial charge in [0.1, 0.15) is 0 Å². The number of carbonyl (C=O) groups is 1. The van der Waals surface area contributed by atoms with Crippen LogP contribution >= 0.6 is 34.3 Å². The molecule has 154 valence electrons. The zero-order valence-corrected chi connectivity index (χ0v) is 19.1. The number of benzene rings is 1. The highest BCUT2D eigenvalue weighted by molar-refractivity contribution is 7.88. The van der Waals surface area contributed by atoms with Gasteiger partial charge in [-0.3, -0.25) is 10.1 Å². The molecule has 0 aliphatic rings. The number of sulfonamides is 1. The summed E-state index contributed by atoms with van der Waals surface area (Å²) in [5.74, 6) is -0.225. The number of aryl methyl sites for hydroxylation is 1. The van der Waals surface area contributed by atoms with Crippen molar-refractivity contribution < 1.29 is 13.2 Å². The molecule has 6 nitrogen and oxygen atoms in total. The minimum atomic E-state index is -3.21. The first kappa shape index (κ1) is 21.9. The molecular weight excluding hydrogens is 450 g/mol. The first-order valence-corrected chi connectivity index (χ1v) is 12.6. The van der Waals surface area contributed by atoms with Gasteiger partial charge in [0.15, 0.2) is 5.13 Å². The van der Waals surface area contributed by atoms with Gasteiger partial charge in [-0.15, -0.1) is 22.7 Å².